The lowest BCUT2D eigenvalue weighted by Gasteiger charge is -2.41. The van der Waals surface area contributed by atoms with Crippen LogP contribution in [0.4, 0.5) is 4.39 Å². The van der Waals surface area contributed by atoms with Crippen LogP contribution in [0.5, 0.6) is 0 Å². The maximum Gasteiger partial charge on any atom is 0.282 e. The summed E-state index contributed by atoms with van der Waals surface area (Å²) in [5.41, 5.74) is 0.564. The third-order valence-corrected chi connectivity index (χ3v) is 9.30. The van der Waals surface area contributed by atoms with Crippen molar-refractivity contribution in [2.75, 3.05) is 32.7 Å². The summed E-state index contributed by atoms with van der Waals surface area (Å²) in [6.45, 7) is 2.92. The monoisotopic (exact) mass is 525 g/mol. The zero-order valence-electron chi connectivity index (χ0n) is 19.5. The van der Waals surface area contributed by atoms with Crippen molar-refractivity contribution in [3.63, 3.8) is 0 Å². The molecule has 1 aromatic rings. The smallest absolute Gasteiger partial charge is 0.282 e. The number of benzene rings is 1. The molecule has 3 fully saturated rings. The molecule has 3 aliphatic heterocycles. The number of hydrogen-bond donors (Lipinski definition) is 1. The van der Waals surface area contributed by atoms with Crippen molar-refractivity contribution in [1.29, 1.82) is 5.26 Å². The molecule has 0 saturated carbocycles. The fourth-order valence-electron chi connectivity index (χ4n) is 4.94. The SMILES string of the molecule is C[C@H](NC(=O)[C@H]1CCCN1C(=O)[C@H]1CCCN(S(=O)(=O)N2CC(C#N)C2)C1)c1ccc(Cl)c(F)c1. The molecule has 0 spiro atoms. The Bertz CT molecular complexity index is 1140. The standard InChI is InChI=1S/C23H29ClFN5O4S/c1-15(17-6-7-19(24)20(25)10-17)27-22(31)21-5-3-9-30(21)23(32)18-4-2-8-28(14-18)35(33,34)29-12-16(11-26)13-29/h6-7,10,15-16,18,21H,2-5,8-9,12-14H2,1H3,(H,27,31)/t15-,18-,21+/m0/s1. The predicted molar refractivity (Wildman–Crippen MR) is 127 cm³/mol. The number of nitriles is 1. The summed E-state index contributed by atoms with van der Waals surface area (Å²) in [5, 5.41) is 11.8. The molecule has 0 aromatic heterocycles. The maximum atomic E-state index is 13.8. The van der Waals surface area contributed by atoms with Crippen molar-refractivity contribution in [2.24, 2.45) is 11.8 Å². The largest absolute Gasteiger partial charge is 0.348 e. The minimum atomic E-state index is -3.72. The summed E-state index contributed by atoms with van der Waals surface area (Å²) in [6, 6.07) is 5.29. The molecule has 0 radical (unpaired) electrons. The van der Waals surface area contributed by atoms with Gasteiger partial charge in [-0.3, -0.25) is 9.59 Å². The van der Waals surface area contributed by atoms with E-state index in [1.165, 1.54) is 20.7 Å². The van der Waals surface area contributed by atoms with Gasteiger partial charge in [-0.05, 0) is 50.3 Å². The summed E-state index contributed by atoms with van der Waals surface area (Å²) in [6.07, 6.45) is 2.29. The van der Waals surface area contributed by atoms with E-state index in [2.05, 4.69) is 11.4 Å². The Kier molecular flexibility index (Phi) is 7.66. The Morgan fingerprint density at radius 1 is 1.17 bits per heavy atom. The molecule has 3 atom stereocenters. The van der Waals surface area contributed by atoms with Crippen molar-refractivity contribution < 1.29 is 22.4 Å². The zero-order chi connectivity index (χ0) is 25.3. The highest BCUT2D eigenvalue weighted by Crippen LogP contribution is 2.29. The second kappa shape index (κ2) is 10.4. The molecule has 1 N–H and O–H groups in total. The molecule has 4 rings (SSSR count). The van der Waals surface area contributed by atoms with Crippen molar-refractivity contribution in [2.45, 2.75) is 44.7 Å². The van der Waals surface area contributed by atoms with E-state index in [1.54, 1.807) is 17.9 Å². The van der Waals surface area contributed by atoms with E-state index >= 15 is 0 Å². The number of amides is 2. The summed E-state index contributed by atoms with van der Waals surface area (Å²) in [4.78, 5) is 28.0. The molecule has 190 valence electrons. The number of piperidine rings is 1. The Morgan fingerprint density at radius 3 is 2.57 bits per heavy atom. The van der Waals surface area contributed by atoms with Gasteiger partial charge >= 0.3 is 0 Å². The molecular weight excluding hydrogens is 497 g/mol. The average molecular weight is 526 g/mol. The van der Waals surface area contributed by atoms with Crippen LogP contribution in [0.3, 0.4) is 0 Å². The number of nitrogens with zero attached hydrogens (tertiary/aromatic N) is 4. The predicted octanol–water partition coefficient (Wildman–Crippen LogP) is 2.06. The van der Waals surface area contributed by atoms with Crippen LogP contribution in [-0.4, -0.2) is 72.5 Å². The summed E-state index contributed by atoms with van der Waals surface area (Å²) >= 11 is 5.74. The third-order valence-electron chi connectivity index (χ3n) is 7.06. The number of carbonyl (C=O) groups excluding carboxylic acids is 2. The highest BCUT2D eigenvalue weighted by molar-refractivity contribution is 7.86. The van der Waals surface area contributed by atoms with Gasteiger partial charge in [0.15, 0.2) is 0 Å². The van der Waals surface area contributed by atoms with Gasteiger partial charge in [0, 0.05) is 32.7 Å². The zero-order valence-corrected chi connectivity index (χ0v) is 21.1. The first-order valence-corrected chi connectivity index (χ1v) is 13.6. The first-order chi connectivity index (χ1) is 16.6. The molecule has 0 bridgehead atoms. The summed E-state index contributed by atoms with van der Waals surface area (Å²) < 4.78 is 42.2. The first-order valence-electron chi connectivity index (χ1n) is 11.8. The molecule has 3 aliphatic rings. The molecule has 2 amide bonds. The molecule has 0 aliphatic carbocycles. The van der Waals surface area contributed by atoms with E-state index in [0.717, 1.165) is 0 Å². The van der Waals surface area contributed by atoms with Crippen LogP contribution < -0.4 is 5.32 Å². The second-order valence-electron chi connectivity index (χ2n) is 9.44. The van der Waals surface area contributed by atoms with E-state index in [4.69, 9.17) is 16.9 Å². The lowest BCUT2D eigenvalue weighted by molar-refractivity contribution is -0.142. The van der Waals surface area contributed by atoms with Crippen LogP contribution in [0, 0.1) is 29.0 Å². The van der Waals surface area contributed by atoms with Gasteiger partial charge in [-0.15, -0.1) is 0 Å². The summed E-state index contributed by atoms with van der Waals surface area (Å²) in [7, 11) is -3.72. The van der Waals surface area contributed by atoms with Crippen LogP contribution in [-0.2, 0) is 19.8 Å². The number of likely N-dealkylation sites (tertiary alicyclic amines) is 1. The van der Waals surface area contributed by atoms with Gasteiger partial charge in [-0.1, -0.05) is 17.7 Å². The number of halogens is 2. The molecule has 12 heteroatoms. The Labute approximate surface area is 210 Å². The van der Waals surface area contributed by atoms with Gasteiger partial charge in [0.05, 0.1) is 29.0 Å². The molecule has 9 nitrogen and oxygen atoms in total. The minimum absolute atomic E-state index is 0.00220. The fourth-order valence-corrected chi connectivity index (χ4v) is 6.85. The van der Waals surface area contributed by atoms with E-state index in [-0.39, 0.29) is 42.4 Å². The molecule has 3 saturated heterocycles. The molecule has 1 aromatic carbocycles. The van der Waals surface area contributed by atoms with Crippen LogP contribution in [0.25, 0.3) is 0 Å². The van der Waals surface area contributed by atoms with Crippen LogP contribution in [0.15, 0.2) is 18.2 Å². The highest BCUT2D eigenvalue weighted by atomic mass is 35.5. The number of hydrogen-bond acceptors (Lipinski definition) is 5. The topological polar surface area (TPSA) is 114 Å². The van der Waals surface area contributed by atoms with Gasteiger partial charge < -0.3 is 10.2 Å². The lowest BCUT2D eigenvalue weighted by atomic mass is 9.97. The average Bonchev–Trinajstić information content (AvgIpc) is 3.29. The van der Waals surface area contributed by atoms with Gasteiger partial charge in [-0.2, -0.15) is 22.3 Å². The van der Waals surface area contributed by atoms with E-state index in [0.29, 0.717) is 44.3 Å². The van der Waals surface area contributed by atoms with Crippen LogP contribution in [0.1, 0.15) is 44.2 Å². The third kappa shape index (κ3) is 5.31. The maximum absolute atomic E-state index is 13.8. The highest BCUT2D eigenvalue weighted by Gasteiger charge is 2.44. The number of carbonyl (C=O) groups is 2. The Morgan fingerprint density at radius 2 is 1.89 bits per heavy atom. The number of nitrogens with one attached hydrogen (secondary N) is 1. The fraction of sp³-hybridized carbons (Fsp3) is 0.609. The first kappa shape index (κ1) is 25.8. The number of rotatable bonds is 6. The lowest BCUT2D eigenvalue weighted by Crippen LogP contribution is -2.57. The van der Waals surface area contributed by atoms with Crippen molar-refractivity contribution >= 4 is 33.6 Å². The van der Waals surface area contributed by atoms with E-state index in [9.17, 15) is 22.4 Å². The molecular formula is C23H29ClFN5O4S. The summed E-state index contributed by atoms with van der Waals surface area (Å²) in [5.74, 6) is -1.92. The van der Waals surface area contributed by atoms with Crippen LogP contribution in [0.2, 0.25) is 5.02 Å². The molecule has 0 unspecified atom stereocenters. The molecule has 35 heavy (non-hydrogen) atoms. The molecule has 3 heterocycles. The van der Waals surface area contributed by atoms with Gasteiger partial charge in [0.1, 0.15) is 11.9 Å². The van der Waals surface area contributed by atoms with E-state index in [1.807, 2.05) is 0 Å². The van der Waals surface area contributed by atoms with Crippen LogP contribution >= 0.6 is 11.6 Å². The van der Waals surface area contributed by atoms with Gasteiger partial charge in [0.25, 0.3) is 10.2 Å². The second-order valence-corrected chi connectivity index (χ2v) is 11.8. The van der Waals surface area contributed by atoms with E-state index < -0.39 is 34.0 Å². The quantitative estimate of drug-likeness (QED) is 0.610. The van der Waals surface area contributed by atoms with Crippen molar-refractivity contribution in [3.8, 4) is 6.07 Å². The Hall–Kier alpha value is -2.26. The van der Waals surface area contributed by atoms with Gasteiger partial charge in [0.2, 0.25) is 11.8 Å². The minimum Gasteiger partial charge on any atom is -0.348 e. The normalized spacial score (nSPS) is 25.0. The Balaban J connectivity index is 1.39. The van der Waals surface area contributed by atoms with Gasteiger partial charge in [-0.25, -0.2) is 4.39 Å². The van der Waals surface area contributed by atoms with Crippen molar-refractivity contribution in [3.05, 3.63) is 34.6 Å². The van der Waals surface area contributed by atoms with Crippen molar-refractivity contribution in [1.82, 2.24) is 18.8 Å².